The highest BCUT2D eigenvalue weighted by Gasteiger charge is 2.33. The quantitative estimate of drug-likeness (QED) is 0.676. The standard InChI is InChI=1S/C19H23N5O4S/c1-2-3-11-24-13-14(12-17(24)25)18(26)22-15-5-7-16(8-6-15)29(27,28)23-19-20-9-4-10-21-19/h4-10,14H,2-3,11-13H2,1H3,(H,22,26)(H,20,21,23)/t14-/m0/s1. The number of carbonyl (C=O) groups is 2. The maximum Gasteiger partial charge on any atom is 0.264 e. The molecule has 1 aromatic carbocycles. The molecule has 1 atom stereocenters. The van der Waals surface area contributed by atoms with Crippen molar-refractivity contribution < 1.29 is 18.0 Å². The molecule has 0 unspecified atom stereocenters. The average molecular weight is 417 g/mol. The Bertz CT molecular complexity index is 964. The Labute approximate surface area is 169 Å². The van der Waals surface area contributed by atoms with Gasteiger partial charge in [0.1, 0.15) is 0 Å². The molecule has 0 radical (unpaired) electrons. The van der Waals surface area contributed by atoms with Gasteiger partial charge in [0.25, 0.3) is 10.0 Å². The van der Waals surface area contributed by atoms with Gasteiger partial charge in [0.05, 0.1) is 10.8 Å². The van der Waals surface area contributed by atoms with E-state index in [-0.39, 0.29) is 29.1 Å². The van der Waals surface area contributed by atoms with Gasteiger partial charge in [0.2, 0.25) is 17.8 Å². The minimum Gasteiger partial charge on any atom is -0.342 e. The molecular formula is C19H23N5O4S. The maximum absolute atomic E-state index is 12.5. The molecule has 0 saturated carbocycles. The normalized spacial score (nSPS) is 16.7. The van der Waals surface area contributed by atoms with Crippen LogP contribution in [0.5, 0.6) is 0 Å². The fraction of sp³-hybridized carbons (Fsp3) is 0.368. The summed E-state index contributed by atoms with van der Waals surface area (Å²) in [6, 6.07) is 7.35. The molecule has 1 aliphatic heterocycles. The van der Waals surface area contributed by atoms with E-state index in [1.807, 2.05) is 0 Å². The predicted molar refractivity (Wildman–Crippen MR) is 108 cm³/mol. The smallest absolute Gasteiger partial charge is 0.264 e. The van der Waals surface area contributed by atoms with Crippen molar-refractivity contribution in [3.8, 4) is 0 Å². The van der Waals surface area contributed by atoms with Crippen molar-refractivity contribution in [3.63, 3.8) is 0 Å². The van der Waals surface area contributed by atoms with Gasteiger partial charge in [-0.3, -0.25) is 9.59 Å². The summed E-state index contributed by atoms with van der Waals surface area (Å²) in [4.78, 5) is 33.9. The molecule has 1 fully saturated rings. The van der Waals surface area contributed by atoms with E-state index in [1.54, 1.807) is 11.0 Å². The second-order valence-corrected chi connectivity index (χ2v) is 8.47. The van der Waals surface area contributed by atoms with Crippen LogP contribution >= 0.6 is 0 Å². The molecule has 10 heteroatoms. The summed E-state index contributed by atoms with van der Waals surface area (Å²) in [5.74, 6) is -0.680. The molecule has 9 nitrogen and oxygen atoms in total. The van der Waals surface area contributed by atoms with Crippen LogP contribution in [0.1, 0.15) is 26.2 Å². The summed E-state index contributed by atoms with van der Waals surface area (Å²) in [5.41, 5.74) is 0.462. The van der Waals surface area contributed by atoms with Gasteiger partial charge >= 0.3 is 0 Å². The number of benzene rings is 1. The Hall–Kier alpha value is -3.01. The Morgan fingerprint density at radius 2 is 1.90 bits per heavy atom. The van der Waals surface area contributed by atoms with Crippen molar-refractivity contribution >= 4 is 33.5 Å². The lowest BCUT2D eigenvalue weighted by Gasteiger charge is -2.16. The summed E-state index contributed by atoms with van der Waals surface area (Å²) in [5, 5.41) is 2.75. The lowest BCUT2D eigenvalue weighted by Crippen LogP contribution is -2.29. The van der Waals surface area contributed by atoms with Crippen LogP contribution in [0.2, 0.25) is 0 Å². The minimum atomic E-state index is -3.84. The number of nitrogens with zero attached hydrogens (tertiary/aromatic N) is 3. The number of aromatic nitrogens is 2. The first-order valence-electron chi connectivity index (χ1n) is 9.37. The molecule has 0 bridgehead atoms. The summed E-state index contributed by atoms with van der Waals surface area (Å²) in [6.07, 6.45) is 4.96. The number of carbonyl (C=O) groups excluding carboxylic acids is 2. The van der Waals surface area contributed by atoms with Crippen LogP contribution in [0.15, 0.2) is 47.6 Å². The second-order valence-electron chi connectivity index (χ2n) is 6.79. The highest BCUT2D eigenvalue weighted by molar-refractivity contribution is 7.92. The molecule has 2 N–H and O–H groups in total. The predicted octanol–water partition coefficient (Wildman–Crippen LogP) is 1.86. The monoisotopic (exact) mass is 417 g/mol. The Morgan fingerprint density at radius 1 is 1.21 bits per heavy atom. The fourth-order valence-corrected chi connectivity index (χ4v) is 3.96. The number of rotatable bonds is 8. The average Bonchev–Trinajstić information content (AvgIpc) is 3.08. The van der Waals surface area contributed by atoms with E-state index < -0.39 is 15.9 Å². The number of hydrogen-bond donors (Lipinski definition) is 2. The summed E-state index contributed by atoms with van der Waals surface area (Å²) >= 11 is 0. The first-order chi connectivity index (χ1) is 13.9. The largest absolute Gasteiger partial charge is 0.342 e. The van der Waals surface area contributed by atoms with E-state index in [9.17, 15) is 18.0 Å². The molecule has 154 valence electrons. The molecule has 2 aromatic rings. The van der Waals surface area contributed by atoms with Gasteiger partial charge in [0.15, 0.2) is 0 Å². The Kier molecular flexibility index (Phi) is 6.42. The molecule has 0 spiro atoms. The molecule has 1 aromatic heterocycles. The topological polar surface area (TPSA) is 121 Å². The second kappa shape index (κ2) is 8.99. The van der Waals surface area contributed by atoms with Crippen LogP contribution < -0.4 is 10.0 Å². The third kappa shape index (κ3) is 5.29. The van der Waals surface area contributed by atoms with Crippen molar-refractivity contribution in [2.45, 2.75) is 31.1 Å². The van der Waals surface area contributed by atoms with Gasteiger partial charge in [-0.15, -0.1) is 0 Å². The van der Waals surface area contributed by atoms with Crippen LogP contribution in [0.4, 0.5) is 11.6 Å². The molecule has 1 saturated heterocycles. The third-order valence-corrected chi connectivity index (χ3v) is 5.93. The molecule has 0 aliphatic carbocycles. The van der Waals surface area contributed by atoms with E-state index in [4.69, 9.17) is 0 Å². The lowest BCUT2D eigenvalue weighted by molar-refractivity contribution is -0.128. The van der Waals surface area contributed by atoms with Crippen LogP contribution in [-0.2, 0) is 19.6 Å². The maximum atomic E-state index is 12.5. The van der Waals surface area contributed by atoms with Crippen LogP contribution in [0.3, 0.4) is 0 Å². The van der Waals surface area contributed by atoms with E-state index in [0.717, 1.165) is 12.8 Å². The highest BCUT2D eigenvalue weighted by atomic mass is 32.2. The first-order valence-corrected chi connectivity index (χ1v) is 10.9. The van der Waals surface area contributed by atoms with E-state index in [1.165, 1.54) is 36.7 Å². The van der Waals surface area contributed by atoms with Gasteiger partial charge in [-0.25, -0.2) is 23.1 Å². The zero-order valence-corrected chi connectivity index (χ0v) is 16.9. The van der Waals surface area contributed by atoms with Crippen molar-refractivity contribution in [2.75, 3.05) is 23.1 Å². The lowest BCUT2D eigenvalue weighted by atomic mass is 10.1. The van der Waals surface area contributed by atoms with E-state index >= 15 is 0 Å². The van der Waals surface area contributed by atoms with Gasteiger partial charge in [-0.2, -0.15) is 0 Å². The molecular weight excluding hydrogens is 394 g/mol. The number of hydrogen-bond acceptors (Lipinski definition) is 6. The SMILES string of the molecule is CCCCN1C[C@@H](C(=O)Nc2ccc(S(=O)(=O)Nc3ncccn3)cc2)CC1=O. The van der Waals surface area contributed by atoms with Crippen LogP contribution in [-0.4, -0.2) is 48.2 Å². The number of sulfonamides is 1. The number of anilines is 2. The Balaban J connectivity index is 1.60. The summed E-state index contributed by atoms with van der Waals surface area (Å²) in [6.45, 7) is 3.14. The molecule has 2 heterocycles. The molecule has 2 amide bonds. The number of amides is 2. The fourth-order valence-electron chi connectivity index (χ4n) is 3.01. The van der Waals surface area contributed by atoms with Crippen molar-refractivity contribution in [1.82, 2.24) is 14.9 Å². The highest BCUT2D eigenvalue weighted by Crippen LogP contribution is 2.21. The van der Waals surface area contributed by atoms with Crippen molar-refractivity contribution in [1.29, 1.82) is 0 Å². The summed E-state index contributed by atoms with van der Waals surface area (Å²) in [7, 11) is -3.84. The number of likely N-dealkylation sites (tertiary alicyclic amines) is 1. The van der Waals surface area contributed by atoms with E-state index in [2.05, 4.69) is 26.9 Å². The number of unbranched alkanes of at least 4 members (excludes halogenated alkanes) is 1. The zero-order valence-electron chi connectivity index (χ0n) is 16.0. The zero-order chi connectivity index (χ0) is 20.9. The Morgan fingerprint density at radius 3 is 2.55 bits per heavy atom. The van der Waals surface area contributed by atoms with E-state index in [0.29, 0.717) is 18.8 Å². The third-order valence-electron chi connectivity index (χ3n) is 4.59. The minimum absolute atomic E-state index is 0.00533. The first kappa shape index (κ1) is 20.7. The molecule has 29 heavy (non-hydrogen) atoms. The van der Waals surface area contributed by atoms with Gasteiger partial charge in [-0.05, 0) is 36.8 Å². The van der Waals surface area contributed by atoms with Gasteiger partial charge < -0.3 is 10.2 Å². The molecule has 3 rings (SSSR count). The summed E-state index contributed by atoms with van der Waals surface area (Å²) < 4.78 is 27.0. The van der Waals surface area contributed by atoms with Crippen molar-refractivity contribution in [2.24, 2.45) is 5.92 Å². The molecule has 1 aliphatic rings. The van der Waals surface area contributed by atoms with Crippen molar-refractivity contribution in [3.05, 3.63) is 42.7 Å². The van der Waals surface area contributed by atoms with Gasteiger partial charge in [-0.1, -0.05) is 13.3 Å². The van der Waals surface area contributed by atoms with Gasteiger partial charge in [0, 0.05) is 37.6 Å². The number of nitrogens with one attached hydrogen (secondary N) is 2. The van der Waals surface area contributed by atoms with Crippen LogP contribution in [0, 0.1) is 5.92 Å². The van der Waals surface area contributed by atoms with Crippen LogP contribution in [0.25, 0.3) is 0 Å².